The summed E-state index contributed by atoms with van der Waals surface area (Å²) in [4.78, 5) is 20.4. The van der Waals surface area contributed by atoms with Crippen LogP contribution in [0.25, 0.3) is 109 Å². The Hall–Kier alpha value is -6.72. The molecular formula is C48H28N4OSe. The van der Waals surface area contributed by atoms with Gasteiger partial charge in [-0.25, -0.2) is 4.98 Å². The van der Waals surface area contributed by atoms with Crippen molar-refractivity contribution in [1.82, 2.24) is 19.9 Å². The van der Waals surface area contributed by atoms with Crippen molar-refractivity contribution in [3.05, 3.63) is 170 Å². The Balaban J connectivity index is 1.12. The molecule has 0 saturated heterocycles. The van der Waals surface area contributed by atoms with Gasteiger partial charge >= 0.3 is 261 Å². The molecule has 0 radical (unpaired) electrons. The van der Waals surface area contributed by atoms with Crippen molar-refractivity contribution in [2.75, 3.05) is 0 Å². The standard InChI is InChI=1S/C48H28N4OSe/c1-4-13-29(14-5-1)34-21-12-22-37-38-28-33(24-26-41(38)54-44(34)37)46-50-45(30-15-6-2-7-16-30)51-47(52-46)39-27-32-23-25-40-43(42(32)36-20-11-10-19-35(36)39)53-48(49-40)31-17-8-3-9-18-31/h1-28H. The first kappa shape index (κ1) is 30.9. The fourth-order valence-corrected chi connectivity index (χ4v) is 10.1. The van der Waals surface area contributed by atoms with E-state index < -0.39 is 0 Å². The third-order valence-electron chi connectivity index (χ3n) is 10.1. The molecule has 0 amide bonds. The summed E-state index contributed by atoms with van der Waals surface area (Å²) in [5, 5.41) is 6.69. The fraction of sp³-hybridized carbons (Fsp3) is 0. The van der Waals surface area contributed by atoms with E-state index in [1.165, 1.54) is 30.4 Å². The Kier molecular flexibility index (Phi) is 7.12. The van der Waals surface area contributed by atoms with Gasteiger partial charge in [0.1, 0.15) is 5.52 Å². The molecule has 0 atom stereocenters. The number of rotatable bonds is 5. The molecule has 3 heterocycles. The van der Waals surface area contributed by atoms with Gasteiger partial charge in [-0.3, -0.25) is 0 Å². The van der Waals surface area contributed by atoms with E-state index in [1.54, 1.807) is 0 Å². The predicted molar refractivity (Wildman–Crippen MR) is 222 cm³/mol. The van der Waals surface area contributed by atoms with Crippen LogP contribution in [-0.4, -0.2) is 34.4 Å². The monoisotopic (exact) mass is 756 g/mol. The van der Waals surface area contributed by atoms with Gasteiger partial charge in [0, 0.05) is 5.56 Å². The summed E-state index contributed by atoms with van der Waals surface area (Å²) in [6.07, 6.45) is 0. The summed E-state index contributed by atoms with van der Waals surface area (Å²) in [6.45, 7) is 0. The minimum atomic E-state index is 0.190. The topological polar surface area (TPSA) is 64.7 Å². The van der Waals surface area contributed by atoms with Crippen LogP contribution in [0.3, 0.4) is 0 Å². The van der Waals surface area contributed by atoms with Crippen molar-refractivity contribution in [2.45, 2.75) is 0 Å². The molecule has 6 heteroatoms. The number of aromatic nitrogens is 4. The predicted octanol–water partition coefficient (Wildman–Crippen LogP) is 12.0. The quantitative estimate of drug-likeness (QED) is 0.129. The number of benzene rings is 8. The molecule has 54 heavy (non-hydrogen) atoms. The average molecular weight is 756 g/mol. The normalized spacial score (nSPS) is 11.7. The van der Waals surface area contributed by atoms with Crippen LogP contribution in [0.5, 0.6) is 0 Å². The van der Waals surface area contributed by atoms with Gasteiger partial charge in [0.05, 0.1) is 0 Å². The first-order valence-electron chi connectivity index (χ1n) is 17.9. The summed E-state index contributed by atoms with van der Waals surface area (Å²) >= 11 is 0.190. The van der Waals surface area contributed by atoms with Gasteiger partial charge in [0.25, 0.3) is 0 Å². The van der Waals surface area contributed by atoms with Gasteiger partial charge < -0.3 is 4.42 Å². The van der Waals surface area contributed by atoms with Gasteiger partial charge in [-0.15, -0.1) is 0 Å². The molecule has 11 aromatic rings. The summed E-state index contributed by atoms with van der Waals surface area (Å²) < 4.78 is 9.31. The Morgan fingerprint density at radius 2 is 1.06 bits per heavy atom. The van der Waals surface area contributed by atoms with Crippen molar-refractivity contribution in [1.29, 1.82) is 0 Å². The second-order valence-corrected chi connectivity index (χ2v) is 15.6. The molecule has 252 valence electrons. The van der Waals surface area contributed by atoms with Crippen molar-refractivity contribution in [3.8, 4) is 56.7 Å². The zero-order valence-electron chi connectivity index (χ0n) is 28.8. The summed E-state index contributed by atoms with van der Waals surface area (Å²) in [5.74, 6) is 2.50. The van der Waals surface area contributed by atoms with Crippen molar-refractivity contribution >= 4 is 66.4 Å². The van der Waals surface area contributed by atoms with Gasteiger partial charge in [-0.1, -0.05) is 18.2 Å². The van der Waals surface area contributed by atoms with Crippen LogP contribution < -0.4 is 0 Å². The molecular weight excluding hydrogens is 728 g/mol. The molecule has 3 aromatic heterocycles. The van der Waals surface area contributed by atoms with Crippen LogP contribution in [0.1, 0.15) is 0 Å². The van der Waals surface area contributed by atoms with Crippen LogP contribution in [0.4, 0.5) is 0 Å². The molecule has 0 saturated carbocycles. The summed E-state index contributed by atoms with van der Waals surface area (Å²) in [5.41, 5.74) is 7.93. The Morgan fingerprint density at radius 1 is 0.407 bits per heavy atom. The zero-order chi connectivity index (χ0) is 35.6. The van der Waals surface area contributed by atoms with Crippen LogP contribution >= 0.6 is 0 Å². The van der Waals surface area contributed by atoms with E-state index in [9.17, 15) is 0 Å². The van der Waals surface area contributed by atoms with E-state index in [4.69, 9.17) is 24.4 Å². The Morgan fingerprint density at radius 3 is 1.83 bits per heavy atom. The third kappa shape index (κ3) is 5.07. The fourth-order valence-electron chi connectivity index (χ4n) is 7.59. The third-order valence-corrected chi connectivity index (χ3v) is 12.7. The first-order chi connectivity index (χ1) is 26.7. The minimum absolute atomic E-state index is 0.190. The number of oxazole rings is 1. The van der Waals surface area contributed by atoms with Crippen LogP contribution in [0.15, 0.2) is 174 Å². The summed E-state index contributed by atoms with van der Waals surface area (Å²) in [7, 11) is 0. The van der Waals surface area contributed by atoms with Crippen LogP contribution in [0.2, 0.25) is 0 Å². The number of fused-ring (bicyclic) bond motifs is 8. The van der Waals surface area contributed by atoms with E-state index in [2.05, 4.69) is 115 Å². The van der Waals surface area contributed by atoms with Gasteiger partial charge in [0.15, 0.2) is 0 Å². The maximum absolute atomic E-state index is 6.52. The Labute approximate surface area is 316 Å². The second kappa shape index (κ2) is 12.5. The number of hydrogen-bond acceptors (Lipinski definition) is 5. The number of hydrogen-bond donors (Lipinski definition) is 0. The molecule has 11 rings (SSSR count). The maximum atomic E-state index is 6.52. The molecule has 0 aliphatic rings. The van der Waals surface area contributed by atoms with E-state index in [-0.39, 0.29) is 14.5 Å². The van der Waals surface area contributed by atoms with E-state index >= 15 is 0 Å². The SMILES string of the molecule is c1ccc(-c2nc(-c3ccc4[se]c5c(-c6ccccc6)cccc5c4c3)nc(-c3cc4ccc5nc(-c6ccccc6)oc5c4c4ccccc34)n2)cc1. The molecule has 0 aliphatic carbocycles. The van der Waals surface area contributed by atoms with Gasteiger partial charge in [-0.05, 0) is 12.1 Å². The molecule has 0 aliphatic heterocycles. The molecule has 8 aromatic carbocycles. The molecule has 0 spiro atoms. The molecule has 0 fully saturated rings. The number of nitrogens with zero attached hydrogens (tertiary/aromatic N) is 4. The summed E-state index contributed by atoms with van der Waals surface area (Å²) in [6, 6.07) is 59.1. The van der Waals surface area contributed by atoms with Crippen molar-refractivity contribution < 1.29 is 4.42 Å². The van der Waals surface area contributed by atoms with Gasteiger partial charge in [0.2, 0.25) is 5.89 Å². The second-order valence-electron chi connectivity index (χ2n) is 13.4. The Bertz CT molecular complexity index is 3210. The molecule has 0 unspecified atom stereocenters. The first-order valence-corrected chi connectivity index (χ1v) is 19.6. The van der Waals surface area contributed by atoms with Gasteiger partial charge in [-0.2, -0.15) is 0 Å². The van der Waals surface area contributed by atoms with Crippen molar-refractivity contribution in [3.63, 3.8) is 0 Å². The molecule has 0 bridgehead atoms. The van der Waals surface area contributed by atoms with Crippen molar-refractivity contribution in [2.24, 2.45) is 0 Å². The molecule has 5 nitrogen and oxygen atoms in total. The van der Waals surface area contributed by atoms with E-state index in [0.29, 0.717) is 23.4 Å². The average Bonchev–Trinajstić information content (AvgIpc) is 3.86. The van der Waals surface area contributed by atoms with E-state index in [1.807, 2.05) is 54.6 Å². The zero-order valence-corrected chi connectivity index (χ0v) is 30.5. The van der Waals surface area contributed by atoms with E-state index in [0.717, 1.165) is 54.9 Å². The van der Waals surface area contributed by atoms with Crippen LogP contribution in [-0.2, 0) is 0 Å². The van der Waals surface area contributed by atoms with Crippen LogP contribution in [0, 0.1) is 0 Å². The molecule has 0 N–H and O–H groups in total.